The molecule has 0 saturated carbocycles. The highest BCUT2D eigenvalue weighted by atomic mass is 32.2. The molecule has 1 aromatic carbocycles. The fourth-order valence-electron chi connectivity index (χ4n) is 1.55. The molecule has 0 atom stereocenters. The van der Waals surface area contributed by atoms with Gasteiger partial charge in [0.1, 0.15) is 12.1 Å². The molecule has 4 nitrogen and oxygen atoms in total. The molecule has 5 heteroatoms. The van der Waals surface area contributed by atoms with Crippen molar-refractivity contribution in [3.05, 3.63) is 48.4 Å². The number of rotatable bonds is 6. The number of Topliss-reactive ketones (excluding diaryl/α,β-unsaturated/α-hetero) is 1. The van der Waals surface area contributed by atoms with Crippen molar-refractivity contribution >= 4 is 17.5 Å². The van der Waals surface area contributed by atoms with E-state index >= 15 is 0 Å². The van der Waals surface area contributed by atoms with E-state index in [1.165, 1.54) is 13.3 Å². The van der Waals surface area contributed by atoms with Crippen LogP contribution in [0.25, 0.3) is 0 Å². The average molecular weight is 274 g/mol. The molecule has 0 spiro atoms. The van der Waals surface area contributed by atoms with Gasteiger partial charge in [0.15, 0.2) is 5.78 Å². The summed E-state index contributed by atoms with van der Waals surface area (Å²) in [5.74, 6) is 1.42. The van der Waals surface area contributed by atoms with E-state index in [0.29, 0.717) is 17.9 Å². The third-order valence-corrected chi connectivity index (χ3v) is 3.32. The van der Waals surface area contributed by atoms with E-state index in [4.69, 9.17) is 4.74 Å². The number of carbonyl (C=O) groups excluding carboxylic acids is 1. The summed E-state index contributed by atoms with van der Waals surface area (Å²) in [6.45, 7) is 2.07. The maximum absolute atomic E-state index is 11.4. The Kier molecular flexibility index (Phi) is 4.92. The van der Waals surface area contributed by atoms with Gasteiger partial charge in [0.25, 0.3) is 0 Å². The van der Waals surface area contributed by atoms with Crippen LogP contribution in [0.15, 0.2) is 47.9 Å². The third kappa shape index (κ3) is 4.06. The van der Waals surface area contributed by atoms with Crippen LogP contribution in [-0.4, -0.2) is 28.1 Å². The van der Waals surface area contributed by atoms with Crippen molar-refractivity contribution in [1.82, 2.24) is 9.97 Å². The van der Waals surface area contributed by atoms with Gasteiger partial charge in [-0.25, -0.2) is 9.97 Å². The van der Waals surface area contributed by atoms with Gasteiger partial charge in [0, 0.05) is 11.9 Å². The number of para-hydroxylation sites is 1. The highest BCUT2D eigenvalue weighted by Crippen LogP contribution is 2.19. The van der Waals surface area contributed by atoms with Crippen LogP contribution in [0, 0.1) is 0 Å². The zero-order chi connectivity index (χ0) is 13.5. The fraction of sp³-hybridized carbons (Fsp3) is 0.214. The van der Waals surface area contributed by atoms with Gasteiger partial charge in [0.05, 0.1) is 17.2 Å². The molecule has 1 aromatic heterocycles. The Labute approximate surface area is 116 Å². The highest BCUT2D eigenvalue weighted by Gasteiger charge is 2.06. The lowest BCUT2D eigenvalue weighted by molar-refractivity contribution is 0.101. The summed E-state index contributed by atoms with van der Waals surface area (Å²) < 4.78 is 5.64. The number of thioether (sulfide) groups is 1. The van der Waals surface area contributed by atoms with Gasteiger partial charge in [-0.2, -0.15) is 0 Å². The Morgan fingerprint density at radius 3 is 2.89 bits per heavy atom. The molecule has 0 amide bonds. The molecule has 0 aliphatic rings. The van der Waals surface area contributed by atoms with Gasteiger partial charge in [0.2, 0.25) is 0 Å². The Hall–Kier alpha value is -1.88. The van der Waals surface area contributed by atoms with Crippen molar-refractivity contribution in [1.29, 1.82) is 0 Å². The minimum Gasteiger partial charge on any atom is -0.492 e. The molecule has 0 fully saturated rings. The molecule has 98 valence electrons. The topological polar surface area (TPSA) is 52.1 Å². The largest absolute Gasteiger partial charge is 0.492 e. The highest BCUT2D eigenvalue weighted by molar-refractivity contribution is 7.99. The molecule has 0 unspecified atom stereocenters. The van der Waals surface area contributed by atoms with Crippen LogP contribution in [0.3, 0.4) is 0 Å². The van der Waals surface area contributed by atoms with E-state index in [9.17, 15) is 4.79 Å². The van der Waals surface area contributed by atoms with Gasteiger partial charge in [-0.05, 0) is 25.1 Å². The van der Waals surface area contributed by atoms with E-state index in [0.717, 1.165) is 10.8 Å². The minimum atomic E-state index is 0.0130. The Balaban J connectivity index is 1.85. The van der Waals surface area contributed by atoms with Gasteiger partial charge >= 0.3 is 0 Å². The first kappa shape index (κ1) is 13.5. The van der Waals surface area contributed by atoms with Gasteiger partial charge in [-0.3, -0.25) is 4.79 Å². The summed E-state index contributed by atoms with van der Waals surface area (Å²) in [7, 11) is 0. The Bertz CT molecular complexity index is 546. The second-order valence-corrected chi connectivity index (χ2v) is 4.91. The van der Waals surface area contributed by atoms with Crippen LogP contribution in [0.5, 0.6) is 5.75 Å². The number of ketones is 1. The number of nitrogens with zero attached hydrogens (tertiary/aromatic N) is 2. The van der Waals surface area contributed by atoms with Crippen LogP contribution >= 0.6 is 11.8 Å². The van der Waals surface area contributed by atoms with Gasteiger partial charge in [-0.15, -0.1) is 11.8 Å². The lowest BCUT2D eigenvalue weighted by Gasteiger charge is -2.09. The number of benzene rings is 1. The van der Waals surface area contributed by atoms with Gasteiger partial charge < -0.3 is 4.74 Å². The molecule has 19 heavy (non-hydrogen) atoms. The minimum absolute atomic E-state index is 0.0130. The molecule has 0 aliphatic heterocycles. The lowest BCUT2D eigenvalue weighted by atomic mass is 10.1. The van der Waals surface area contributed by atoms with Crippen LogP contribution in [-0.2, 0) is 0 Å². The molecule has 0 aliphatic carbocycles. The van der Waals surface area contributed by atoms with Crippen molar-refractivity contribution < 1.29 is 9.53 Å². The standard InChI is InChI=1S/C14H14N2O2S/c1-11(17)12-4-2-3-5-13(12)18-8-9-19-14-6-7-15-10-16-14/h2-7,10H,8-9H2,1H3. The molecular formula is C14H14N2O2S. The normalized spacial score (nSPS) is 10.2. The first-order chi connectivity index (χ1) is 9.27. The molecule has 0 N–H and O–H groups in total. The molecule has 1 heterocycles. The molecule has 2 rings (SSSR count). The molecular weight excluding hydrogens is 260 g/mol. The van der Waals surface area contributed by atoms with Crippen molar-refractivity contribution in [2.75, 3.05) is 12.4 Å². The van der Waals surface area contributed by atoms with Crippen LogP contribution in [0.2, 0.25) is 0 Å². The van der Waals surface area contributed by atoms with E-state index in [-0.39, 0.29) is 5.78 Å². The number of ether oxygens (including phenoxy) is 1. The predicted molar refractivity (Wildman–Crippen MR) is 74.7 cm³/mol. The number of aromatic nitrogens is 2. The van der Waals surface area contributed by atoms with Crippen LogP contribution < -0.4 is 4.74 Å². The maximum atomic E-state index is 11.4. The summed E-state index contributed by atoms with van der Waals surface area (Å²) in [4.78, 5) is 19.4. The van der Waals surface area contributed by atoms with Gasteiger partial charge in [-0.1, -0.05) is 12.1 Å². The summed E-state index contributed by atoms with van der Waals surface area (Å²) in [6, 6.07) is 9.13. The Morgan fingerprint density at radius 1 is 1.32 bits per heavy atom. The second kappa shape index (κ2) is 6.89. The summed E-state index contributed by atoms with van der Waals surface area (Å²) in [6.07, 6.45) is 3.23. The van der Waals surface area contributed by atoms with Crippen molar-refractivity contribution in [3.8, 4) is 5.75 Å². The maximum Gasteiger partial charge on any atom is 0.163 e. The number of carbonyl (C=O) groups is 1. The first-order valence-corrected chi connectivity index (χ1v) is 6.87. The SMILES string of the molecule is CC(=O)c1ccccc1OCCSc1ccncn1. The quantitative estimate of drug-likeness (QED) is 0.351. The molecule has 0 saturated heterocycles. The first-order valence-electron chi connectivity index (χ1n) is 5.89. The summed E-state index contributed by atoms with van der Waals surface area (Å²) in [5.41, 5.74) is 0.620. The van der Waals surface area contributed by atoms with E-state index < -0.39 is 0 Å². The van der Waals surface area contributed by atoms with Crippen molar-refractivity contribution in [2.24, 2.45) is 0 Å². The van der Waals surface area contributed by atoms with E-state index in [2.05, 4.69) is 9.97 Å². The zero-order valence-corrected chi connectivity index (χ0v) is 11.4. The van der Waals surface area contributed by atoms with Crippen molar-refractivity contribution in [3.63, 3.8) is 0 Å². The zero-order valence-electron chi connectivity index (χ0n) is 10.6. The lowest BCUT2D eigenvalue weighted by Crippen LogP contribution is -2.04. The van der Waals surface area contributed by atoms with Crippen molar-refractivity contribution in [2.45, 2.75) is 11.9 Å². The third-order valence-electron chi connectivity index (χ3n) is 2.41. The second-order valence-electron chi connectivity index (χ2n) is 3.80. The van der Waals surface area contributed by atoms with Crippen LogP contribution in [0.4, 0.5) is 0 Å². The predicted octanol–water partition coefficient (Wildman–Crippen LogP) is 2.85. The monoisotopic (exact) mass is 274 g/mol. The summed E-state index contributed by atoms with van der Waals surface area (Å²) in [5, 5.41) is 0.915. The summed E-state index contributed by atoms with van der Waals surface area (Å²) >= 11 is 1.59. The number of hydrogen-bond acceptors (Lipinski definition) is 5. The smallest absolute Gasteiger partial charge is 0.163 e. The molecule has 0 bridgehead atoms. The average Bonchev–Trinajstić information content (AvgIpc) is 2.45. The van der Waals surface area contributed by atoms with E-state index in [1.54, 1.807) is 24.0 Å². The molecule has 0 radical (unpaired) electrons. The Morgan fingerprint density at radius 2 is 2.16 bits per heavy atom. The van der Waals surface area contributed by atoms with E-state index in [1.807, 2.05) is 24.3 Å². The van der Waals surface area contributed by atoms with Crippen LogP contribution in [0.1, 0.15) is 17.3 Å². The number of hydrogen-bond donors (Lipinski definition) is 0. The fourth-order valence-corrected chi connectivity index (χ4v) is 2.20. The molecule has 2 aromatic rings.